The summed E-state index contributed by atoms with van der Waals surface area (Å²) in [5.74, 6) is 1.74. The first-order valence-corrected chi connectivity index (χ1v) is 6.52. The van der Waals surface area contributed by atoms with E-state index in [9.17, 15) is 4.79 Å². The highest BCUT2D eigenvalue weighted by Crippen LogP contribution is 2.37. The lowest BCUT2D eigenvalue weighted by Gasteiger charge is -2.38. The molecule has 0 aromatic rings. The number of nitrogens with one attached hydrogen (secondary N) is 2. The molecule has 2 fully saturated rings. The summed E-state index contributed by atoms with van der Waals surface area (Å²) in [6, 6.07) is -0.00435. The van der Waals surface area contributed by atoms with Gasteiger partial charge in [-0.3, -0.25) is 4.79 Å². The van der Waals surface area contributed by atoms with Gasteiger partial charge in [-0.15, -0.1) is 0 Å². The third-order valence-corrected chi connectivity index (χ3v) is 4.20. The average Bonchev–Trinajstić information content (AvgIpc) is 2.90. The zero-order valence-corrected chi connectivity index (χ0v) is 10.7. The summed E-state index contributed by atoms with van der Waals surface area (Å²) in [6.07, 6.45) is 3.59. The van der Waals surface area contributed by atoms with Gasteiger partial charge in [-0.1, -0.05) is 20.8 Å². The third kappa shape index (κ3) is 2.57. The normalized spacial score (nSPS) is 36.8. The van der Waals surface area contributed by atoms with Crippen molar-refractivity contribution in [3.05, 3.63) is 0 Å². The quantitative estimate of drug-likeness (QED) is 0.763. The lowest BCUT2D eigenvalue weighted by atomic mass is 9.77. The molecule has 1 saturated heterocycles. The van der Waals surface area contributed by atoms with Crippen LogP contribution in [0.1, 0.15) is 40.0 Å². The summed E-state index contributed by atoms with van der Waals surface area (Å²) in [5, 5.41) is 6.45. The molecule has 3 atom stereocenters. The lowest BCUT2D eigenvalue weighted by molar-refractivity contribution is -0.126. The van der Waals surface area contributed by atoms with Crippen LogP contribution in [0.5, 0.6) is 0 Å². The van der Waals surface area contributed by atoms with E-state index in [2.05, 4.69) is 31.4 Å². The molecular formula is C13H24N2O. The molecule has 1 aliphatic carbocycles. The second-order valence-electron chi connectivity index (χ2n) is 6.20. The standard InChI is InChI=1S/C13H24N2O/c1-9-7-10(9)8-15-12(16)11-13(2,3)5-4-6-14-11/h9-11,14H,4-8H2,1-3H3,(H,15,16). The van der Waals surface area contributed by atoms with Crippen LogP contribution in [0.4, 0.5) is 0 Å². The number of carbonyl (C=O) groups is 1. The van der Waals surface area contributed by atoms with Crippen LogP contribution in [-0.2, 0) is 4.79 Å². The van der Waals surface area contributed by atoms with Gasteiger partial charge in [0.05, 0.1) is 6.04 Å². The molecule has 0 aromatic heterocycles. The molecule has 2 rings (SSSR count). The van der Waals surface area contributed by atoms with Gasteiger partial charge in [-0.2, -0.15) is 0 Å². The molecule has 92 valence electrons. The summed E-state index contributed by atoms with van der Waals surface area (Å²) in [6.45, 7) is 8.46. The van der Waals surface area contributed by atoms with E-state index in [0.29, 0.717) is 0 Å². The first kappa shape index (κ1) is 11.9. The smallest absolute Gasteiger partial charge is 0.237 e. The van der Waals surface area contributed by atoms with Crippen molar-refractivity contribution in [1.29, 1.82) is 0 Å². The fourth-order valence-corrected chi connectivity index (χ4v) is 2.68. The van der Waals surface area contributed by atoms with Gasteiger partial charge in [-0.25, -0.2) is 0 Å². The number of carbonyl (C=O) groups excluding carboxylic acids is 1. The van der Waals surface area contributed by atoms with Crippen molar-refractivity contribution in [3.8, 4) is 0 Å². The molecule has 1 heterocycles. The Morgan fingerprint density at radius 2 is 2.19 bits per heavy atom. The Labute approximate surface area is 98.4 Å². The molecule has 0 aromatic carbocycles. The van der Waals surface area contributed by atoms with E-state index < -0.39 is 0 Å². The number of hydrogen-bond donors (Lipinski definition) is 2. The van der Waals surface area contributed by atoms with Crippen LogP contribution < -0.4 is 10.6 Å². The minimum Gasteiger partial charge on any atom is -0.354 e. The average molecular weight is 224 g/mol. The Hall–Kier alpha value is -0.570. The predicted octanol–water partition coefficient (Wildman–Crippen LogP) is 1.54. The zero-order chi connectivity index (χ0) is 11.8. The van der Waals surface area contributed by atoms with Crippen molar-refractivity contribution < 1.29 is 4.79 Å². The van der Waals surface area contributed by atoms with E-state index in [4.69, 9.17) is 0 Å². The largest absolute Gasteiger partial charge is 0.354 e. The highest BCUT2D eigenvalue weighted by atomic mass is 16.2. The zero-order valence-electron chi connectivity index (χ0n) is 10.7. The van der Waals surface area contributed by atoms with Crippen LogP contribution in [0.25, 0.3) is 0 Å². The predicted molar refractivity (Wildman–Crippen MR) is 65.1 cm³/mol. The fourth-order valence-electron chi connectivity index (χ4n) is 2.68. The van der Waals surface area contributed by atoms with Crippen molar-refractivity contribution in [3.63, 3.8) is 0 Å². The number of rotatable bonds is 3. The van der Waals surface area contributed by atoms with Gasteiger partial charge >= 0.3 is 0 Å². The Kier molecular flexibility index (Phi) is 3.24. The number of hydrogen-bond acceptors (Lipinski definition) is 2. The van der Waals surface area contributed by atoms with Crippen LogP contribution >= 0.6 is 0 Å². The van der Waals surface area contributed by atoms with Crippen LogP contribution in [-0.4, -0.2) is 25.0 Å². The number of amides is 1. The Bertz CT molecular complexity index is 275. The molecule has 2 N–H and O–H groups in total. The van der Waals surface area contributed by atoms with Crippen molar-refractivity contribution in [2.45, 2.75) is 46.1 Å². The van der Waals surface area contributed by atoms with Gasteiger partial charge in [0.15, 0.2) is 0 Å². The van der Waals surface area contributed by atoms with E-state index in [1.165, 1.54) is 12.8 Å². The summed E-state index contributed by atoms with van der Waals surface area (Å²) in [5.41, 5.74) is 0.0947. The maximum atomic E-state index is 12.1. The minimum atomic E-state index is -0.00435. The molecule has 0 spiro atoms. The van der Waals surface area contributed by atoms with Crippen molar-refractivity contribution >= 4 is 5.91 Å². The van der Waals surface area contributed by atoms with Gasteiger partial charge in [0.2, 0.25) is 5.91 Å². The maximum absolute atomic E-state index is 12.1. The van der Waals surface area contributed by atoms with E-state index >= 15 is 0 Å². The molecule has 3 nitrogen and oxygen atoms in total. The molecule has 2 aliphatic rings. The molecule has 1 amide bonds. The molecular weight excluding hydrogens is 200 g/mol. The molecule has 3 unspecified atom stereocenters. The van der Waals surface area contributed by atoms with Crippen LogP contribution in [0.15, 0.2) is 0 Å². The molecule has 16 heavy (non-hydrogen) atoms. The summed E-state index contributed by atoms with van der Waals surface area (Å²) >= 11 is 0. The van der Waals surface area contributed by atoms with Gasteiger partial charge in [0.1, 0.15) is 0 Å². The second kappa shape index (κ2) is 4.36. The molecule has 3 heteroatoms. The molecule has 1 aliphatic heterocycles. The first-order valence-electron chi connectivity index (χ1n) is 6.52. The van der Waals surface area contributed by atoms with Crippen molar-refractivity contribution in [2.24, 2.45) is 17.3 Å². The van der Waals surface area contributed by atoms with Gasteiger partial charge in [0, 0.05) is 6.54 Å². The Balaban J connectivity index is 1.82. The van der Waals surface area contributed by atoms with Gasteiger partial charge in [0.25, 0.3) is 0 Å². The van der Waals surface area contributed by atoms with E-state index in [-0.39, 0.29) is 17.4 Å². The molecule has 1 saturated carbocycles. The fraction of sp³-hybridized carbons (Fsp3) is 0.923. The molecule has 0 radical (unpaired) electrons. The van der Waals surface area contributed by atoms with Crippen molar-refractivity contribution in [1.82, 2.24) is 10.6 Å². The Morgan fingerprint density at radius 1 is 1.50 bits per heavy atom. The van der Waals surface area contributed by atoms with E-state index in [1.807, 2.05) is 0 Å². The summed E-state index contributed by atoms with van der Waals surface area (Å²) in [4.78, 5) is 12.1. The van der Waals surface area contributed by atoms with E-state index in [0.717, 1.165) is 31.3 Å². The summed E-state index contributed by atoms with van der Waals surface area (Å²) in [7, 11) is 0. The SMILES string of the molecule is CC1CC1CNC(=O)C1NCCCC1(C)C. The van der Waals surface area contributed by atoms with Crippen LogP contribution in [0.2, 0.25) is 0 Å². The Morgan fingerprint density at radius 3 is 2.75 bits per heavy atom. The van der Waals surface area contributed by atoms with E-state index in [1.54, 1.807) is 0 Å². The van der Waals surface area contributed by atoms with Gasteiger partial charge < -0.3 is 10.6 Å². The highest BCUT2D eigenvalue weighted by Gasteiger charge is 2.38. The highest BCUT2D eigenvalue weighted by molar-refractivity contribution is 5.82. The monoisotopic (exact) mass is 224 g/mol. The summed E-state index contributed by atoms with van der Waals surface area (Å²) < 4.78 is 0. The number of piperidine rings is 1. The lowest BCUT2D eigenvalue weighted by Crippen LogP contribution is -2.55. The topological polar surface area (TPSA) is 41.1 Å². The first-order chi connectivity index (χ1) is 7.50. The van der Waals surface area contributed by atoms with Gasteiger partial charge in [-0.05, 0) is 43.1 Å². The maximum Gasteiger partial charge on any atom is 0.237 e. The van der Waals surface area contributed by atoms with Crippen LogP contribution in [0, 0.1) is 17.3 Å². The second-order valence-corrected chi connectivity index (χ2v) is 6.20. The van der Waals surface area contributed by atoms with Crippen molar-refractivity contribution in [2.75, 3.05) is 13.1 Å². The minimum absolute atomic E-state index is 0.00435. The van der Waals surface area contributed by atoms with Crippen LogP contribution in [0.3, 0.4) is 0 Å². The molecule has 0 bridgehead atoms. The third-order valence-electron chi connectivity index (χ3n) is 4.20.